The van der Waals surface area contributed by atoms with Crippen LogP contribution in [0.15, 0.2) is 0 Å². The number of hydrogen-bond acceptors (Lipinski definition) is 5. The summed E-state index contributed by atoms with van der Waals surface area (Å²) in [7, 11) is 0. The molecule has 0 aromatic carbocycles. The smallest absolute Gasteiger partial charge is 0.333 e. The van der Waals surface area contributed by atoms with E-state index in [0.717, 1.165) is 0 Å². The number of aromatic nitrogens is 2. The van der Waals surface area contributed by atoms with Gasteiger partial charge in [0.05, 0.1) is 4.92 Å². The summed E-state index contributed by atoms with van der Waals surface area (Å²) in [5.74, 6) is 0.431. The Bertz CT molecular complexity index is 413. The van der Waals surface area contributed by atoms with Crippen molar-refractivity contribution >= 4 is 11.5 Å². The SMILES string of the molecule is Cc1nn(C(C)C)c(NC(C)CN)c1[N+](=O)[O-]. The van der Waals surface area contributed by atoms with Crippen LogP contribution in [0.25, 0.3) is 0 Å². The van der Waals surface area contributed by atoms with E-state index in [-0.39, 0.29) is 17.8 Å². The highest BCUT2D eigenvalue weighted by atomic mass is 16.6. The van der Waals surface area contributed by atoms with Gasteiger partial charge in [-0.05, 0) is 27.7 Å². The zero-order valence-corrected chi connectivity index (χ0v) is 10.6. The molecule has 0 fully saturated rings. The second kappa shape index (κ2) is 5.13. The van der Waals surface area contributed by atoms with Gasteiger partial charge in [0.15, 0.2) is 0 Å². The largest absolute Gasteiger partial charge is 0.361 e. The molecule has 1 rings (SSSR count). The molecule has 1 atom stereocenters. The lowest BCUT2D eigenvalue weighted by molar-refractivity contribution is -0.384. The van der Waals surface area contributed by atoms with Gasteiger partial charge >= 0.3 is 5.69 Å². The lowest BCUT2D eigenvalue weighted by atomic mass is 10.3. The molecular weight excluding hydrogens is 222 g/mol. The standard InChI is InChI=1S/C10H19N5O2/c1-6(2)14-10(12-7(3)5-11)9(15(16)17)8(4)13-14/h6-7,12H,5,11H2,1-4H3. The van der Waals surface area contributed by atoms with E-state index < -0.39 is 4.92 Å². The minimum absolute atomic E-state index is 0.0269. The molecule has 1 unspecified atom stereocenters. The van der Waals surface area contributed by atoms with Crippen molar-refractivity contribution < 1.29 is 4.92 Å². The number of hydrogen-bond donors (Lipinski definition) is 2. The number of rotatable bonds is 5. The van der Waals surface area contributed by atoms with E-state index in [1.165, 1.54) is 0 Å². The fraction of sp³-hybridized carbons (Fsp3) is 0.700. The number of nitrogens with two attached hydrogens (primary N) is 1. The van der Waals surface area contributed by atoms with Crippen molar-refractivity contribution in [1.82, 2.24) is 9.78 Å². The first kappa shape index (κ1) is 13.4. The lowest BCUT2D eigenvalue weighted by Gasteiger charge is -2.15. The minimum Gasteiger partial charge on any atom is -0.361 e. The molecule has 0 aliphatic carbocycles. The molecule has 0 spiro atoms. The quantitative estimate of drug-likeness (QED) is 0.600. The zero-order chi connectivity index (χ0) is 13.2. The molecule has 1 heterocycles. The van der Waals surface area contributed by atoms with Gasteiger partial charge in [0.2, 0.25) is 5.82 Å². The first-order valence-corrected chi connectivity index (χ1v) is 5.58. The molecular formula is C10H19N5O2. The lowest BCUT2D eigenvalue weighted by Crippen LogP contribution is -2.27. The molecule has 0 saturated carbocycles. The second-order valence-corrected chi connectivity index (χ2v) is 4.36. The van der Waals surface area contributed by atoms with Gasteiger partial charge in [-0.15, -0.1) is 0 Å². The van der Waals surface area contributed by atoms with E-state index in [1.54, 1.807) is 11.6 Å². The van der Waals surface area contributed by atoms with Gasteiger partial charge in [0.25, 0.3) is 0 Å². The van der Waals surface area contributed by atoms with Crippen molar-refractivity contribution in [1.29, 1.82) is 0 Å². The zero-order valence-electron chi connectivity index (χ0n) is 10.6. The van der Waals surface area contributed by atoms with E-state index in [1.807, 2.05) is 20.8 Å². The normalized spacial score (nSPS) is 12.8. The predicted molar refractivity (Wildman–Crippen MR) is 66.1 cm³/mol. The summed E-state index contributed by atoms with van der Waals surface area (Å²) < 4.78 is 1.62. The van der Waals surface area contributed by atoms with Gasteiger partial charge in [-0.25, -0.2) is 4.68 Å². The Labute approximate surface area is 100 Å². The summed E-state index contributed by atoms with van der Waals surface area (Å²) in [6.45, 7) is 7.76. The Hall–Kier alpha value is -1.63. The highest BCUT2D eigenvalue weighted by molar-refractivity contribution is 5.60. The van der Waals surface area contributed by atoms with Crippen LogP contribution in [0.4, 0.5) is 11.5 Å². The molecule has 0 radical (unpaired) electrons. The van der Waals surface area contributed by atoms with Gasteiger partial charge in [-0.1, -0.05) is 0 Å². The average molecular weight is 241 g/mol. The van der Waals surface area contributed by atoms with Gasteiger partial charge in [0.1, 0.15) is 5.69 Å². The van der Waals surface area contributed by atoms with Crippen LogP contribution in [0.3, 0.4) is 0 Å². The molecule has 0 amide bonds. The fourth-order valence-corrected chi connectivity index (χ4v) is 1.56. The van der Waals surface area contributed by atoms with Crippen molar-refractivity contribution in [2.24, 2.45) is 5.73 Å². The Balaban J connectivity index is 3.25. The predicted octanol–water partition coefficient (Wildman–Crippen LogP) is 1.44. The third-order valence-electron chi connectivity index (χ3n) is 2.46. The third-order valence-corrected chi connectivity index (χ3v) is 2.46. The first-order valence-electron chi connectivity index (χ1n) is 5.58. The van der Waals surface area contributed by atoms with Crippen LogP contribution in [-0.4, -0.2) is 27.3 Å². The third kappa shape index (κ3) is 2.73. The number of nitro groups is 1. The van der Waals surface area contributed by atoms with Crippen molar-refractivity contribution in [3.63, 3.8) is 0 Å². The van der Waals surface area contributed by atoms with Crippen LogP contribution in [0.5, 0.6) is 0 Å². The average Bonchev–Trinajstić information content (AvgIpc) is 2.55. The second-order valence-electron chi connectivity index (χ2n) is 4.36. The highest BCUT2D eigenvalue weighted by Gasteiger charge is 2.27. The molecule has 0 saturated heterocycles. The van der Waals surface area contributed by atoms with Crippen molar-refractivity contribution in [3.05, 3.63) is 15.8 Å². The van der Waals surface area contributed by atoms with Crippen molar-refractivity contribution in [2.75, 3.05) is 11.9 Å². The van der Waals surface area contributed by atoms with Crippen LogP contribution >= 0.6 is 0 Å². The summed E-state index contributed by atoms with van der Waals surface area (Å²) in [5, 5.41) is 18.3. The Morgan fingerprint density at radius 3 is 2.53 bits per heavy atom. The number of anilines is 1. The molecule has 0 aliphatic rings. The van der Waals surface area contributed by atoms with Gasteiger partial charge in [0, 0.05) is 18.6 Å². The molecule has 1 aromatic heterocycles. The van der Waals surface area contributed by atoms with Crippen molar-refractivity contribution in [2.45, 2.75) is 39.8 Å². The van der Waals surface area contributed by atoms with Gasteiger partial charge in [-0.3, -0.25) is 10.1 Å². The van der Waals surface area contributed by atoms with Crippen molar-refractivity contribution in [3.8, 4) is 0 Å². The monoisotopic (exact) mass is 241 g/mol. The molecule has 7 nitrogen and oxygen atoms in total. The van der Waals surface area contributed by atoms with Crippen LogP contribution in [-0.2, 0) is 0 Å². The number of nitrogens with zero attached hydrogens (tertiary/aromatic N) is 3. The molecule has 96 valence electrons. The Kier molecular flexibility index (Phi) is 4.06. The van der Waals surface area contributed by atoms with E-state index in [9.17, 15) is 10.1 Å². The molecule has 0 bridgehead atoms. The molecule has 7 heteroatoms. The van der Waals surface area contributed by atoms with E-state index in [2.05, 4.69) is 10.4 Å². The maximum absolute atomic E-state index is 11.0. The molecule has 17 heavy (non-hydrogen) atoms. The maximum Gasteiger partial charge on any atom is 0.333 e. The van der Waals surface area contributed by atoms with E-state index in [4.69, 9.17) is 5.73 Å². The van der Waals surface area contributed by atoms with E-state index in [0.29, 0.717) is 18.1 Å². The molecule has 3 N–H and O–H groups in total. The summed E-state index contributed by atoms with van der Waals surface area (Å²) in [6.07, 6.45) is 0. The van der Waals surface area contributed by atoms with Crippen LogP contribution in [0.1, 0.15) is 32.5 Å². The maximum atomic E-state index is 11.0. The molecule has 1 aromatic rings. The Morgan fingerprint density at radius 2 is 2.12 bits per heavy atom. The summed E-state index contributed by atoms with van der Waals surface area (Å²) >= 11 is 0. The highest BCUT2D eigenvalue weighted by Crippen LogP contribution is 2.30. The summed E-state index contributed by atoms with van der Waals surface area (Å²) in [4.78, 5) is 10.6. The Morgan fingerprint density at radius 1 is 1.53 bits per heavy atom. The number of aryl methyl sites for hydroxylation is 1. The van der Waals surface area contributed by atoms with Gasteiger partial charge < -0.3 is 11.1 Å². The summed E-state index contributed by atoms with van der Waals surface area (Å²) in [6, 6.07) is 0.0113. The van der Waals surface area contributed by atoms with Gasteiger partial charge in [-0.2, -0.15) is 5.10 Å². The topological polar surface area (TPSA) is 99.0 Å². The fourth-order valence-electron chi connectivity index (χ4n) is 1.56. The first-order chi connectivity index (χ1) is 7.88. The van der Waals surface area contributed by atoms with Crippen LogP contribution in [0.2, 0.25) is 0 Å². The number of nitrogens with one attached hydrogen (secondary N) is 1. The molecule has 0 aliphatic heterocycles. The van der Waals surface area contributed by atoms with Crippen LogP contribution in [0, 0.1) is 17.0 Å². The van der Waals surface area contributed by atoms with E-state index >= 15 is 0 Å². The summed E-state index contributed by atoms with van der Waals surface area (Å²) in [5.41, 5.74) is 5.96. The van der Waals surface area contributed by atoms with Crippen LogP contribution < -0.4 is 11.1 Å². The minimum atomic E-state index is -0.410.